The Hall–Kier alpha value is -4.37. The number of nitrogens with one attached hydrogen (secondary N) is 2. The van der Waals surface area contributed by atoms with Crippen molar-refractivity contribution in [2.75, 3.05) is 42.8 Å². The topological polar surface area (TPSA) is 110 Å². The highest BCUT2D eigenvalue weighted by Gasteiger charge is 2.17. The molecule has 35 heavy (non-hydrogen) atoms. The number of hydrogen-bond donors (Lipinski definition) is 3. The number of anilines is 4. The molecule has 0 spiro atoms. The lowest BCUT2D eigenvalue weighted by molar-refractivity contribution is -0.111. The van der Waals surface area contributed by atoms with E-state index in [0.29, 0.717) is 36.2 Å². The molecule has 0 saturated heterocycles. The van der Waals surface area contributed by atoms with Crippen LogP contribution in [0, 0.1) is 0 Å². The van der Waals surface area contributed by atoms with Crippen LogP contribution in [0.4, 0.5) is 23.0 Å². The Bertz CT molecular complexity index is 1380. The maximum atomic E-state index is 12.1. The third-order valence-corrected chi connectivity index (χ3v) is 5.71. The van der Waals surface area contributed by atoms with Crippen LogP contribution < -0.4 is 26.0 Å². The maximum Gasteiger partial charge on any atom is 0.247 e. The fraction of sp³-hybridized carbons (Fsp3) is 0.192. The number of benzene rings is 2. The van der Waals surface area contributed by atoms with Gasteiger partial charge < -0.3 is 30.6 Å². The van der Waals surface area contributed by atoms with Crippen LogP contribution in [0.5, 0.6) is 5.75 Å². The molecule has 0 bridgehead atoms. The van der Waals surface area contributed by atoms with Crippen molar-refractivity contribution in [1.29, 1.82) is 0 Å². The van der Waals surface area contributed by atoms with Gasteiger partial charge in [0.1, 0.15) is 5.75 Å². The summed E-state index contributed by atoms with van der Waals surface area (Å²) in [6, 6.07) is 13.7. The minimum Gasteiger partial charge on any atom is -0.494 e. The van der Waals surface area contributed by atoms with Crippen molar-refractivity contribution < 1.29 is 9.53 Å². The van der Waals surface area contributed by atoms with Crippen LogP contribution in [-0.2, 0) is 11.8 Å². The highest BCUT2D eigenvalue weighted by Crippen LogP contribution is 2.38. The molecule has 0 aliphatic heterocycles. The minimum atomic E-state index is -0.322. The van der Waals surface area contributed by atoms with E-state index in [9.17, 15) is 4.79 Å². The Kier molecular flexibility index (Phi) is 6.98. The van der Waals surface area contributed by atoms with Gasteiger partial charge in [-0.2, -0.15) is 0 Å². The van der Waals surface area contributed by atoms with Gasteiger partial charge in [0.05, 0.1) is 29.9 Å². The quantitative estimate of drug-likeness (QED) is 0.318. The molecular weight excluding hydrogens is 442 g/mol. The fourth-order valence-corrected chi connectivity index (χ4v) is 3.98. The number of fused-ring (bicyclic) bond motifs is 1. The number of likely N-dealkylation sites (N-methyl/N-ethyl adjacent to an activating group) is 1. The number of amides is 1. The number of carbonyl (C=O) groups excluding carboxylic acids is 1. The Labute approximate surface area is 204 Å². The zero-order valence-corrected chi connectivity index (χ0v) is 20.1. The average molecular weight is 472 g/mol. The third kappa shape index (κ3) is 4.95. The van der Waals surface area contributed by atoms with Gasteiger partial charge in [0, 0.05) is 62.1 Å². The molecule has 180 valence electrons. The third-order valence-electron chi connectivity index (χ3n) is 5.71. The van der Waals surface area contributed by atoms with Crippen molar-refractivity contribution in [2.24, 2.45) is 12.8 Å². The van der Waals surface area contributed by atoms with Gasteiger partial charge in [0.15, 0.2) is 0 Å². The highest BCUT2D eigenvalue weighted by molar-refractivity contribution is 6.02. The van der Waals surface area contributed by atoms with Gasteiger partial charge in [0.25, 0.3) is 0 Å². The van der Waals surface area contributed by atoms with Crippen LogP contribution in [0.25, 0.3) is 22.2 Å². The number of nitrogens with zero attached hydrogens (tertiary/aromatic N) is 4. The Morgan fingerprint density at radius 3 is 2.80 bits per heavy atom. The van der Waals surface area contributed by atoms with Crippen LogP contribution in [0.3, 0.4) is 0 Å². The van der Waals surface area contributed by atoms with Crippen LogP contribution in [0.15, 0.2) is 67.5 Å². The molecule has 0 fully saturated rings. The number of aromatic nitrogens is 3. The molecule has 0 unspecified atom stereocenters. The first-order chi connectivity index (χ1) is 16.9. The Balaban J connectivity index is 1.73. The van der Waals surface area contributed by atoms with E-state index in [1.165, 1.54) is 6.08 Å². The molecule has 2 heterocycles. The van der Waals surface area contributed by atoms with Gasteiger partial charge in [-0.25, -0.2) is 9.97 Å². The van der Waals surface area contributed by atoms with E-state index >= 15 is 0 Å². The van der Waals surface area contributed by atoms with E-state index < -0.39 is 0 Å². The Morgan fingerprint density at radius 2 is 2.06 bits per heavy atom. The highest BCUT2D eigenvalue weighted by atomic mass is 16.5. The molecule has 4 N–H and O–H groups in total. The molecule has 0 atom stereocenters. The first kappa shape index (κ1) is 23.8. The van der Waals surface area contributed by atoms with E-state index in [4.69, 9.17) is 15.5 Å². The van der Waals surface area contributed by atoms with E-state index in [0.717, 1.165) is 27.8 Å². The minimum absolute atomic E-state index is 0.322. The predicted molar refractivity (Wildman–Crippen MR) is 141 cm³/mol. The summed E-state index contributed by atoms with van der Waals surface area (Å²) in [5.74, 6) is 0.648. The van der Waals surface area contributed by atoms with Crippen molar-refractivity contribution in [1.82, 2.24) is 14.5 Å². The predicted octanol–water partition coefficient (Wildman–Crippen LogP) is 3.91. The smallest absolute Gasteiger partial charge is 0.247 e. The summed E-state index contributed by atoms with van der Waals surface area (Å²) in [6.45, 7) is 4.61. The van der Waals surface area contributed by atoms with E-state index in [2.05, 4.69) is 45.1 Å². The van der Waals surface area contributed by atoms with Crippen molar-refractivity contribution in [3.05, 3.63) is 67.5 Å². The van der Waals surface area contributed by atoms with Crippen molar-refractivity contribution in [3.63, 3.8) is 0 Å². The lowest BCUT2D eigenvalue weighted by atomic mass is 10.1. The number of rotatable bonds is 9. The molecule has 9 heteroatoms. The van der Waals surface area contributed by atoms with Gasteiger partial charge in [0.2, 0.25) is 11.9 Å². The largest absolute Gasteiger partial charge is 0.494 e. The number of carbonyl (C=O) groups is 1. The molecule has 2 aromatic carbocycles. The fourth-order valence-electron chi connectivity index (χ4n) is 3.98. The van der Waals surface area contributed by atoms with Gasteiger partial charge in [-0.05, 0) is 24.3 Å². The molecule has 9 nitrogen and oxygen atoms in total. The normalized spacial score (nSPS) is 10.7. The van der Waals surface area contributed by atoms with Gasteiger partial charge in [-0.15, -0.1) is 0 Å². The Morgan fingerprint density at radius 1 is 1.26 bits per heavy atom. The molecule has 4 rings (SSSR count). The van der Waals surface area contributed by atoms with E-state index in [1.807, 2.05) is 43.3 Å². The number of para-hydroxylation sites is 1. The van der Waals surface area contributed by atoms with Crippen LogP contribution in [0.2, 0.25) is 0 Å². The number of nitrogens with two attached hydrogens (primary N) is 1. The van der Waals surface area contributed by atoms with Gasteiger partial charge in [-0.1, -0.05) is 24.8 Å². The number of hydrogen-bond acceptors (Lipinski definition) is 7. The van der Waals surface area contributed by atoms with Crippen molar-refractivity contribution in [3.8, 4) is 17.0 Å². The zero-order chi connectivity index (χ0) is 24.9. The summed E-state index contributed by atoms with van der Waals surface area (Å²) in [5.41, 5.74) is 10.6. The molecular formula is C26H29N7O2. The molecule has 4 aromatic rings. The molecule has 2 aromatic heterocycles. The number of methoxy groups -OCH3 is 1. The summed E-state index contributed by atoms with van der Waals surface area (Å²) in [6.07, 6.45) is 4.99. The second kappa shape index (κ2) is 10.3. The van der Waals surface area contributed by atoms with Crippen molar-refractivity contribution >= 4 is 39.8 Å². The van der Waals surface area contributed by atoms with Gasteiger partial charge in [-0.3, -0.25) is 4.79 Å². The summed E-state index contributed by atoms with van der Waals surface area (Å²) in [4.78, 5) is 23.2. The molecule has 0 aliphatic rings. The second-order valence-electron chi connectivity index (χ2n) is 8.03. The lowest BCUT2D eigenvalue weighted by Crippen LogP contribution is -2.26. The summed E-state index contributed by atoms with van der Waals surface area (Å²) >= 11 is 0. The van der Waals surface area contributed by atoms with Gasteiger partial charge >= 0.3 is 0 Å². The first-order valence-corrected chi connectivity index (χ1v) is 11.2. The van der Waals surface area contributed by atoms with E-state index in [1.54, 1.807) is 19.4 Å². The second-order valence-corrected chi connectivity index (χ2v) is 8.03. The molecule has 0 saturated carbocycles. The SMILES string of the molecule is C=CC(=O)Nc1cc(Nc2nccc(-c3cn(C)c4ccccc34)n2)c(OC)cc1N(C)CCN. The zero-order valence-electron chi connectivity index (χ0n) is 20.1. The summed E-state index contributed by atoms with van der Waals surface area (Å²) in [5, 5.41) is 7.21. The standard InChI is InChI=1S/C26H29N7O2/c1-5-25(34)29-20-14-21(24(35-4)15-23(20)32(2)13-11-27)31-26-28-12-10-19(30-26)18-16-33(3)22-9-7-6-8-17(18)22/h5-10,12,14-16H,1,11,13,27H2,2-4H3,(H,29,34)(H,28,30,31). The van der Waals surface area contributed by atoms with Crippen molar-refractivity contribution in [2.45, 2.75) is 0 Å². The maximum absolute atomic E-state index is 12.1. The van der Waals surface area contributed by atoms with Crippen LogP contribution in [0.1, 0.15) is 0 Å². The van der Waals surface area contributed by atoms with E-state index in [-0.39, 0.29) is 5.91 Å². The summed E-state index contributed by atoms with van der Waals surface area (Å²) < 4.78 is 7.71. The van der Waals surface area contributed by atoms with Crippen LogP contribution in [-0.4, -0.2) is 47.7 Å². The average Bonchev–Trinajstić information content (AvgIpc) is 3.21. The molecule has 0 aliphatic carbocycles. The summed E-state index contributed by atoms with van der Waals surface area (Å²) in [7, 11) is 5.50. The molecule has 1 amide bonds. The lowest BCUT2D eigenvalue weighted by Gasteiger charge is -2.24. The van der Waals surface area contributed by atoms with Crippen LogP contribution >= 0.6 is 0 Å². The first-order valence-electron chi connectivity index (χ1n) is 11.2. The molecule has 0 radical (unpaired) electrons. The monoisotopic (exact) mass is 471 g/mol. The number of aryl methyl sites for hydroxylation is 1. The number of ether oxygens (including phenoxy) is 1.